The number of hydrogen-bond acceptors (Lipinski definition) is 6. The lowest BCUT2D eigenvalue weighted by Gasteiger charge is -2.32. The van der Waals surface area contributed by atoms with E-state index in [1.165, 1.54) is 12.5 Å². The lowest BCUT2D eigenvalue weighted by molar-refractivity contribution is -0.151. The van der Waals surface area contributed by atoms with E-state index in [4.69, 9.17) is 32.7 Å². The maximum atomic E-state index is 13.9. The predicted molar refractivity (Wildman–Crippen MR) is 183 cm³/mol. The van der Waals surface area contributed by atoms with E-state index in [2.05, 4.69) is 16.0 Å². The number of nitrogens with one attached hydrogen (secondary N) is 3. The van der Waals surface area contributed by atoms with Gasteiger partial charge in [-0.3, -0.25) is 4.79 Å². The predicted octanol–water partition coefficient (Wildman–Crippen LogP) is 6.51. The molecule has 3 aromatic rings. The van der Waals surface area contributed by atoms with Gasteiger partial charge in [0.1, 0.15) is 12.2 Å². The van der Waals surface area contributed by atoms with Gasteiger partial charge in [-0.05, 0) is 80.8 Å². The van der Waals surface area contributed by atoms with Gasteiger partial charge in [-0.25, -0.2) is 14.4 Å². The van der Waals surface area contributed by atoms with Crippen molar-refractivity contribution >= 4 is 47.2 Å². The van der Waals surface area contributed by atoms with Crippen molar-refractivity contribution in [1.29, 1.82) is 0 Å². The quantitative estimate of drug-likeness (QED) is 0.231. The average molecular weight is 696 g/mol. The Kier molecular flexibility index (Phi) is 10.6. The summed E-state index contributed by atoms with van der Waals surface area (Å²) >= 11 is 13.4. The Morgan fingerprint density at radius 3 is 2.38 bits per heavy atom. The van der Waals surface area contributed by atoms with E-state index in [-0.39, 0.29) is 41.3 Å². The third-order valence-electron chi connectivity index (χ3n) is 8.38. The van der Waals surface area contributed by atoms with Crippen LogP contribution in [0.2, 0.25) is 10.0 Å². The molecule has 0 saturated heterocycles. The fourth-order valence-corrected chi connectivity index (χ4v) is 6.64. The summed E-state index contributed by atoms with van der Waals surface area (Å²) in [6, 6.07) is 18.0. The van der Waals surface area contributed by atoms with E-state index in [1.807, 2.05) is 54.6 Å². The van der Waals surface area contributed by atoms with Gasteiger partial charge < -0.3 is 30.3 Å². The van der Waals surface area contributed by atoms with Gasteiger partial charge in [0.2, 0.25) is 0 Å². The molecule has 2 aliphatic rings. The van der Waals surface area contributed by atoms with Crippen LogP contribution in [0.3, 0.4) is 0 Å². The Bertz CT molecular complexity index is 1710. The molecule has 5 rings (SSSR count). The highest BCUT2D eigenvalue weighted by atomic mass is 35.5. The lowest BCUT2D eigenvalue weighted by atomic mass is 9.95. The average Bonchev–Trinajstić information content (AvgIpc) is 3.44. The van der Waals surface area contributed by atoms with Gasteiger partial charge >= 0.3 is 18.1 Å². The van der Waals surface area contributed by atoms with E-state index < -0.39 is 35.1 Å². The van der Waals surface area contributed by atoms with Crippen LogP contribution in [0.25, 0.3) is 0 Å². The summed E-state index contributed by atoms with van der Waals surface area (Å²) in [6.45, 7) is 7.08. The van der Waals surface area contributed by atoms with E-state index in [0.29, 0.717) is 24.1 Å². The van der Waals surface area contributed by atoms with Crippen LogP contribution in [-0.2, 0) is 40.3 Å². The van der Waals surface area contributed by atoms with E-state index in [9.17, 15) is 19.2 Å². The third-order valence-corrected chi connectivity index (χ3v) is 9.09. The zero-order valence-electron chi connectivity index (χ0n) is 27.5. The molecule has 2 atom stereocenters. The number of halogens is 2. The van der Waals surface area contributed by atoms with Crippen LogP contribution in [0, 0.1) is 0 Å². The molecule has 12 heteroatoms. The molecule has 3 N–H and O–H groups in total. The molecule has 254 valence electrons. The minimum absolute atomic E-state index is 0.0168. The summed E-state index contributed by atoms with van der Waals surface area (Å²) in [4.78, 5) is 54.8. The molecule has 1 aliphatic carbocycles. The van der Waals surface area contributed by atoms with Gasteiger partial charge in [-0.1, -0.05) is 77.8 Å². The molecule has 10 nitrogen and oxygen atoms in total. The number of fused-ring (bicyclic) bond motifs is 2. The Hall–Kier alpha value is -4.28. The number of hydrogen-bond donors (Lipinski definition) is 3. The second-order valence-electron chi connectivity index (χ2n) is 13.3. The summed E-state index contributed by atoms with van der Waals surface area (Å²) in [5.74, 6) is -1.47. The van der Waals surface area contributed by atoms with Crippen molar-refractivity contribution in [1.82, 2.24) is 20.9 Å². The van der Waals surface area contributed by atoms with E-state index in [0.717, 1.165) is 24.0 Å². The van der Waals surface area contributed by atoms with Crippen LogP contribution in [0.15, 0.2) is 60.7 Å². The molecule has 3 aromatic carbocycles. The molecule has 0 radical (unpaired) electrons. The molecule has 0 fully saturated rings. The Morgan fingerprint density at radius 2 is 1.65 bits per heavy atom. The summed E-state index contributed by atoms with van der Waals surface area (Å²) in [6.07, 6.45) is 1.51. The van der Waals surface area contributed by atoms with E-state index >= 15 is 0 Å². The topological polar surface area (TPSA) is 126 Å². The van der Waals surface area contributed by atoms with Gasteiger partial charge in [0.15, 0.2) is 5.54 Å². The Balaban J connectivity index is 1.32. The second-order valence-corrected chi connectivity index (χ2v) is 14.1. The Morgan fingerprint density at radius 1 is 0.938 bits per heavy atom. The number of rotatable bonds is 8. The third kappa shape index (κ3) is 8.22. The lowest BCUT2D eigenvalue weighted by Crippen LogP contribution is -2.60. The molecule has 0 aromatic heterocycles. The molecular weight excluding hydrogens is 655 g/mol. The first-order chi connectivity index (χ1) is 22.7. The van der Waals surface area contributed by atoms with Crippen molar-refractivity contribution in [2.24, 2.45) is 0 Å². The smallest absolute Gasteiger partial charge is 0.410 e. The first-order valence-corrected chi connectivity index (χ1v) is 16.6. The van der Waals surface area contributed by atoms with Crippen molar-refractivity contribution in [2.75, 3.05) is 13.1 Å². The largest absolute Gasteiger partial charge is 0.459 e. The highest BCUT2D eigenvalue weighted by Crippen LogP contribution is 2.35. The minimum Gasteiger partial charge on any atom is -0.459 e. The summed E-state index contributed by atoms with van der Waals surface area (Å²) in [5.41, 5.74) is 1.98. The number of benzene rings is 3. The molecule has 0 saturated carbocycles. The second kappa shape index (κ2) is 14.5. The van der Waals surface area contributed by atoms with E-state index in [1.54, 1.807) is 31.7 Å². The molecule has 0 unspecified atom stereocenters. The summed E-state index contributed by atoms with van der Waals surface area (Å²) < 4.78 is 11.1. The van der Waals surface area contributed by atoms with Gasteiger partial charge in [-0.15, -0.1) is 0 Å². The van der Waals surface area contributed by atoms with Crippen LogP contribution < -0.4 is 16.0 Å². The van der Waals surface area contributed by atoms with Gasteiger partial charge in [-0.2, -0.15) is 0 Å². The maximum absolute atomic E-state index is 13.9. The summed E-state index contributed by atoms with van der Waals surface area (Å²) in [7, 11) is 0. The fraction of sp³-hybridized carbons (Fsp3) is 0.389. The van der Waals surface area contributed by atoms with Crippen LogP contribution in [-0.4, -0.2) is 53.1 Å². The van der Waals surface area contributed by atoms with Crippen molar-refractivity contribution in [2.45, 2.75) is 77.3 Å². The molecule has 1 heterocycles. The molecule has 0 spiro atoms. The van der Waals surface area contributed by atoms with Crippen molar-refractivity contribution in [3.63, 3.8) is 0 Å². The molecule has 0 bridgehead atoms. The molecule has 4 amide bonds. The number of urea groups is 1. The highest BCUT2D eigenvalue weighted by molar-refractivity contribution is 6.40. The number of carbonyl (C=O) groups is 4. The standard InChI is InChI=1S/C36H40Cl2N4O6/c1-35(2,3)48-34(46)42-17-16-26-24(19-42)18-27(37)29(30(26)38)31(43)41-36(4,32(44)47-20-22-10-6-5-7-11-22)21-39-33(45)40-28-15-14-23-12-8-9-13-25(23)28/h5-13,18,28H,14-17,19-21H2,1-4H3,(H,41,43)(H2,39,40,45)/t28-,36-/m1/s1. The summed E-state index contributed by atoms with van der Waals surface area (Å²) in [5, 5.41) is 8.64. The van der Waals surface area contributed by atoms with Crippen LogP contribution in [0.1, 0.15) is 78.3 Å². The molecular formula is C36H40Cl2N4O6. The SMILES string of the molecule is CC(C)(C)OC(=O)N1CCc2c(cc(Cl)c(C(=O)N[C@](C)(CNC(=O)N[C@@H]3CCc4ccccc43)C(=O)OCc3ccccc3)c2Cl)C1. The molecule has 48 heavy (non-hydrogen) atoms. The number of ether oxygens (including phenoxy) is 2. The first-order valence-electron chi connectivity index (χ1n) is 15.9. The zero-order valence-corrected chi connectivity index (χ0v) is 29.0. The van der Waals surface area contributed by atoms with Crippen molar-refractivity contribution < 1.29 is 28.7 Å². The van der Waals surface area contributed by atoms with Gasteiger partial charge in [0.25, 0.3) is 5.91 Å². The monoisotopic (exact) mass is 694 g/mol. The number of amides is 4. The van der Waals surface area contributed by atoms with Crippen LogP contribution >= 0.6 is 23.2 Å². The van der Waals surface area contributed by atoms with Crippen LogP contribution in [0.4, 0.5) is 9.59 Å². The van der Waals surface area contributed by atoms with Crippen molar-refractivity contribution in [3.8, 4) is 0 Å². The van der Waals surface area contributed by atoms with Gasteiger partial charge in [0, 0.05) is 13.1 Å². The van der Waals surface area contributed by atoms with Crippen LogP contribution in [0.5, 0.6) is 0 Å². The minimum atomic E-state index is -1.70. The van der Waals surface area contributed by atoms with Crippen molar-refractivity contribution in [3.05, 3.63) is 104 Å². The number of carbonyl (C=O) groups excluding carboxylic acids is 4. The number of esters is 1. The Labute approximate surface area is 290 Å². The van der Waals surface area contributed by atoms with Gasteiger partial charge in [0.05, 0.1) is 28.2 Å². The number of aryl methyl sites for hydroxylation is 1. The first kappa shape index (κ1) is 35.0. The maximum Gasteiger partial charge on any atom is 0.410 e. The number of nitrogens with zero attached hydrogens (tertiary/aromatic N) is 1. The fourth-order valence-electron chi connectivity index (χ4n) is 5.88. The normalized spacial score (nSPS) is 16.5. The zero-order chi connectivity index (χ0) is 34.6. The molecule has 1 aliphatic heterocycles. The highest BCUT2D eigenvalue weighted by Gasteiger charge is 2.39.